The van der Waals surface area contributed by atoms with Gasteiger partial charge in [-0.2, -0.15) is 0 Å². The molecule has 174 valence electrons. The molecule has 4 aromatic rings. The van der Waals surface area contributed by atoms with Crippen molar-refractivity contribution in [2.45, 2.75) is 26.3 Å². The number of piperidine rings is 1. The van der Waals surface area contributed by atoms with Crippen molar-refractivity contribution in [3.05, 3.63) is 88.2 Å². The highest BCUT2D eigenvalue weighted by atomic mass is 16.5. The fourth-order valence-electron chi connectivity index (χ4n) is 4.58. The lowest BCUT2D eigenvalue weighted by Crippen LogP contribution is -2.36. The van der Waals surface area contributed by atoms with E-state index < -0.39 is 0 Å². The molecule has 2 aromatic carbocycles. The molecule has 0 saturated carbocycles. The molecule has 0 bridgehead atoms. The lowest BCUT2D eigenvalue weighted by Gasteiger charge is -2.22. The minimum absolute atomic E-state index is 0.0631. The normalized spacial score (nSPS) is 14.4. The van der Waals surface area contributed by atoms with E-state index in [0.717, 1.165) is 53.7 Å². The number of aryl methyl sites for hydroxylation is 1. The van der Waals surface area contributed by atoms with Crippen LogP contribution in [-0.2, 0) is 6.54 Å². The second kappa shape index (κ2) is 9.65. The van der Waals surface area contributed by atoms with Gasteiger partial charge in [-0.25, -0.2) is 0 Å². The summed E-state index contributed by atoms with van der Waals surface area (Å²) in [6.45, 7) is 5.01. The Kier molecular flexibility index (Phi) is 6.27. The van der Waals surface area contributed by atoms with Crippen LogP contribution in [0.4, 0.5) is 0 Å². The number of nitrogens with one attached hydrogen (secondary N) is 2. The van der Waals surface area contributed by atoms with Crippen LogP contribution in [0.3, 0.4) is 0 Å². The smallest absolute Gasteiger partial charge is 0.258 e. The zero-order chi connectivity index (χ0) is 23.5. The fourth-order valence-corrected chi connectivity index (χ4v) is 4.58. The highest BCUT2D eigenvalue weighted by Crippen LogP contribution is 2.25. The van der Waals surface area contributed by atoms with Gasteiger partial charge < -0.3 is 19.7 Å². The van der Waals surface area contributed by atoms with Crippen molar-refractivity contribution < 1.29 is 9.32 Å². The molecular weight excluding hydrogens is 428 g/mol. The minimum atomic E-state index is -0.0669. The number of amides is 1. The van der Waals surface area contributed by atoms with Gasteiger partial charge in [-0.3, -0.25) is 9.59 Å². The molecule has 1 amide bonds. The average molecular weight is 457 g/mol. The maximum Gasteiger partial charge on any atom is 0.258 e. The molecule has 0 aliphatic carbocycles. The van der Waals surface area contributed by atoms with Crippen LogP contribution in [0.1, 0.15) is 34.5 Å². The largest absolute Gasteiger partial charge is 0.364 e. The summed E-state index contributed by atoms with van der Waals surface area (Å²) in [4.78, 5) is 25.8. The third-order valence-electron chi connectivity index (χ3n) is 6.59. The molecule has 0 unspecified atom stereocenters. The molecule has 7 nitrogen and oxygen atoms in total. The van der Waals surface area contributed by atoms with Gasteiger partial charge in [-0.1, -0.05) is 23.4 Å². The standard InChI is InChI=1S/C27H28N4O3/c1-18-25(17-34-30-18)21-5-6-24-22(14-21)9-12-31(27(24)33)16-20-3-2-4-23(13-20)26(32)29-15-19-7-10-28-11-8-19/h2-6,9,12-14,17,19,28H,7-8,10-11,15-16H2,1H3,(H,29,32). The first-order chi connectivity index (χ1) is 16.6. The quantitative estimate of drug-likeness (QED) is 0.461. The molecule has 3 heterocycles. The van der Waals surface area contributed by atoms with E-state index in [4.69, 9.17) is 4.52 Å². The second-order valence-corrected chi connectivity index (χ2v) is 8.97. The number of nitrogens with zero attached hydrogens (tertiary/aromatic N) is 2. The number of hydrogen-bond acceptors (Lipinski definition) is 5. The van der Waals surface area contributed by atoms with Gasteiger partial charge in [-0.05, 0) is 85.6 Å². The Labute approximate surface area is 197 Å². The number of carbonyl (C=O) groups is 1. The van der Waals surface area contributed by atoms with Crippen LogP contribution in [0.25, 0.3) is 21.9 Å². The van der Waals surface area contributed by atoms with Gasteiger partial charge in [0.15, 0.2) is 0 Å². The number of fused-ring (bicyclic) bond motifs is 1. The summed E-state index contributed by atoms with van der Waals surface area (Å²) in [7, 11) is 0. The van der Waals surface area contributed by atoms with Gasteiger partial charge in [-0.15, -0.1) is 0 Å². The monoisotopic (exact) mass is 456 g/mol. The molecule has 0 radical (unpaired) electrons. The molecule has 5 rings (SSSR count). The topological polar surface area (TPSA) is 89.2 Å². The van der Waals surface area contributed by atoms with Crippen molar-refractivity contribution in [3.63, 3.8) is 0 Å². The van der Waals surface area contributed by atoms with Crippen LogP contribution in [0.2, 0.25) is 0 Å². The Morgan fingerprint density at radius 2 is 2.03 bits per heavy atom. The molecule has 1 fully saturated rings. The highest BCUT2D eigenvalue weighted by molar-refractivity contribution is 5.94. The SMILES string of the molecule is Cc1nocc1-c1ccc2c(=O)n(Cc3cccc(C(=O)NCC4CCNCC4)c3)ccc2c1. The predicted molar refractivity (Wildman–Crippen MR) is 132 cm³/mol. The zero-order valence-electron chi connectivity index (χ0n) is 19.2. The summed E-state index contributed by atoms with van der Waals surface area (Å²) in [5, 5.41) is 11.9. The Hall–Kier alpha value is -3.71. The van der Waals surface area contributed by atoms with Crippen LogP contribution < -0.4 is 16.2 Å². The van der Waals surface area contributed by atoms with E-state index in [0.29, 0.717) is 30.0 Å². The molecule has 2 N–H and O–H groups in total. The van der Waals surface area contributed by atoms with Crippen molar-refractivity contribution in [2.75, 3.05) is 19.6 Å². The summed E-state index contributed by atoms with van der Waals surface area (Å²) in [6, 6.07) is 15.2. The number of benzene rings is 2. The predicted octanol–water partition coefficient (Wildman–Crippen LogP) is 3.74. The van der Waals surface area contributed by atoms with Crippen LogP contribution in [0.5, 0.6) is 0 Å². The third-order valence-corrected chi connectivity index (χ3v) is 6.59. The van der Waals surface area contributed by atoms with Crippen LogP contribution >= 0.6 is 0 Å². The number of aromatic nitrogens is 2. The molecular formula is C27H28N4O3. The minimum Gasteiger partial charge on any atom is -0.364 e. The number of hydrogen-bond donors (Lipinski definition) is 2. The lowest BCUT2D eigenvalue weighted by atomic mass is 9.98. The van der Waals surface area contributed by atoms with Gasteiger partial charge in [0.25, 0.3) is 11.5 Å². The summed E-state index contributed by atoms with van der Waals surface area (Å²) in [5.74, 6) is 0.460. The highest BCUT2D eigenvalue weighted by Gasteiger charge is 2.15. The van der Waals surface area contributed by atoms with E-state index in [1.165, 1.54) is 0 Å². The molecule has 1 aliphatic heterocycles. The first-order valence-electron chi connectivity index (χ1n) is 11.7. The second-order valence-electron chi connectivity index (χ2n) is 8.97. The van der Waals surface area contributed by atoms with Crippen molar-refractivity contribution in [1.29, 1.82) is 0 Å². The maximum absolute atomic E-state index is 13.1. The van der Waals surface area contributed by atoms with Crippen LogP contribution in [0.15, 0.2) is 70.3 Å². The number of rotatable bonds is 6. The first kappa shape index (κ1) is 22.1. The van der Waals surface area contributed by atoms with Gasteiger partial charge >= 0.3 is 0 Å². The lowest BCUT2D eigenvalue weighted by molar-refractivity contribution is 0.0944. The van der Waals surface area contributed by atoms with Crippen molar-refractivity contribution in [2.24, 2.45) is 5.92 Å². The van der Waals surface area contributed by atoms with Crippen LogP contribution in [-0.4, -0.2) is 35.3 Å². The third kappa shape index (κ3) is 4.65. The Morgan fingerprint density at radius 3 is 2.82 bits per heavy atom. The van der Waals surface area contributed by atoms with E-state index in [2.05, 4.69) is 15.8 Å². The van der Waals surface area contributed by atoms with E-state index >= 15 is 0 Å². The Bertz CT molecular complexity index is 1380. The summed E-state index contributed by atoms with van der Waals surface area (Å²) >= 11 is 0. The van der Waals surface area contributed by atoms with E-state index in [-0.39, 0.29) is 11.5 Å². The number of carbonyl (C=O) groups excluding carboxylic acids is 1. The fraction of sp³-hybridized carbons (Fsp3) is 0.296. The molecule has 34 heavy (non-hydrogen) atoms. The van der Waals surface area contributed by atoms with Gasteiger partial charge in [0.1, 0.15) is 6.26 Å². The molecule has 0 atom stereocenters. The van der Waals surface area contributed by atoms with Crippen molar-refractivity contribution >= 4 is 16.7 Å². The number of pyridine rings is 1. The van der Waals surface area contributed by atoms with Gasteiger partial charge in [0.2, 0.25) is 0 Å². The van der Waals surface area contributed by atoms with Crippen molar-refractivity contribution in [1.82, 2.24) is 20.4 Å². The van der Waals surface area contributed by atoms with Crippen LogP contribution in [0, 0.1) is 12.8 Å². The molecule has 1 saturated heterocycles. The van der Waals surface area contributed by atoms with E-state index in [9.17, 15) is 9.59 Å². The molecule has 0 spiro atoms. The Morgan fingerprint density at radius 1 is 1.18 bits per heavy atom. The molecule has 1 aliphatic rings. The van der Waals surface area contributed by atoms with E-state index in [1.54, 1.807) is 17.0 Å². The molecule has 2 aromatic heterocycles. The summed E-state index contributed by atoms with van der Waals surface area (Å²) in [5.41, 5.74) is 4.16. The molecule has 7 heteroatoms. The van der Waals surface area contributed by atoms with Gasteiger partial charge in [0.05, 0.1) is 12.2 Å². The first-order valence-corrected chi connectivity index (χ1v) is 11.7. The Balaban J connectivity index is 1.32. The zero-order valence-corrected chi connectivity index (χ0v) is 19.2. The van der Waals surface area contributed by atoms with E-state index in [1.807, 2.05) is 55.5 Å². The van der Waals surface area contributed by atoms with Crippen molar-refractivity contribution in [3.8, 4) is 11.1 Å². The average Bonchev–Trinajstić information content (AvgIpc) is 3.30. The maximum atomic E-state index is 13.1. The summed E-state index contributed by atoms with van der Waals surface area (Å²) in [6.07, 6.45) is 5.60. The van der Waals surface area contributed by atoms with Gasteiger partial charge in [0, 0.05) is 29.3 Å². The summed E-state index contributed by atoms with van der Waals surface area (Å²) < 4.78 is 6.73.